The predicted octanol–water partition coefficient (Wildman–Crippen LogP) is 3.94. The minimum absolute atomic E-state index is 0.198. The van der Waals surface area contributed by atoms with E-state index < -0.39 is 0 Å². The molecular weight excluding hydrogens is 262 g/mol. The number of hydrogen-bond donors (Lipinski definition) is 1. The van der Waals surface area contributed by atoms with Crippen molar-refractivity contribution in [3.05, 3.63) is 29.8 Å². The highest BCUT2D eigenvalue weighted by atomic mass is 16.5. The molecule has 3 nitrogen and oxygen atoms in total. The molecular formula is C18H29NO2. The van der Waals surface area contributed by atoms with E-state index in [1.54, 1.807) is 0 Å². The van der Waals surface area contributed by atoms with Crippen molar-refractivity contribution in [2.45, 2.75) is 58.8 Å². The minimum Gasteiger partial charge on any atom is -0.491 e. The first kappa shape index (κ1) is 16.3. The number of ether oxygens (including phenoxy) is 2. The molecule has 118 valence electrons. The maximum absolute atomic E-state index is 6.00. The Kier molecular flexibility index (Phi) is 6.07. The van der Waals surface area contributed by atoms with Crippen LogP contribution in [0.5, 0.6) is 5.75 Å². The van der Waals surface area contributed by atoms with E-state index in [1.165, 1.54) is 5.56 Å². The highest BCUT2D eigenvalue weighted by Crippen LogP contribution is 2.32. The first-order valence-corrected chi connectivity index (χ1v) is 8.23. The van der Waals surface area contributed by atoms with Gasteiger partial charge in [0.25, 0.3) is 0 Å². The molecule has 1 N–H and O–H groups in total. The van der Waals surface area contributed by atoms with E-state index in [2.05, 4.69) is 51.2 Å². The van der Waals surface area contributed by atoms with E-state index in [1.807, 2.05) is 6.07 Å². The van der Waals surface area contributed by atoms with Gasteiger partial charge in [0, 0.05) is 6.61 Å². The van der Waals surface area contributed by atoms with Crippen LogP contribution < -0.4 is 10.1 Å². The molecule has 1 aromatic rings. The highest BCUT2D eigenvalue weighted by molar-refractivity contribution is 5.31. The van der Waals surface area contributed by atoms with Crippen molar-refractivity contribution in [1.29, 1.82) is 0 Å². The molecule has 2 rings (SSSR count). The molecule has 0 bridgehead atoms. The van der Waals surface area contributed by atoms with Crippen LogP contribution in [-0.4, -0.2) is 25.4 Å². The molecule has 0 radical (unpaired) electrons. The molecule has 0 aromatic heterocycles. The van der Waals surface area contributed by atoms with Crippen molar-refractivity contribution >= 4 is 0 Å². The second-order valence-corrected chi connectivity index (χ2v) is 6.27. The summed E-state index contributed by atoms with van der Waals surface area (Å²) >= 11 is 0. The summed E-state index contributed by atoms with van der Waals surface area (Å²) in [5.74, 6) is 1.53. The molecule has 3 heteroatoms. The summed E-state index contributed by atoms with van der Waals surface area (Å²) in [6, 6.07) is 8.68. The Balaban J connectivity index is 2.19. The van der Waals surface area contributed by atoms with Gasteiger partial charge in [-0.2, -0.15) is 0 Å². The second-order valence-electron chi connectivity index (χ2n) is 6.27. The summed E-state index contributed by atoms with van der Waals surface area (Å²) in [5.41, 5.74) is 1.26. The topological polar surface area (TPSA) is 30.5 Å². The smallest absolute Gasteiger partial charge is 0.120 e. The molecule has 1 fully saturated rings. The van der Waals surface area contributed by atoms with Crippen LogP contribution in [0.15, 0.2) is 24.3 Å². The van der Waals surface area contributed by atoms with Crippen molar-refractivity contribution in [2.24, 2.45) is 5.92 Å². The number of benzene rings is 1. The van der Waals surface area contributed by atoms with Crippen molar-refractivity contribution in [3.8, 4) is 5.75 Å². The molecule has 1 aliphatic heterocycles. The SMILES string of the molecule is CCCNC(c1cccc(OC(C)C)c1)C1OCCC1C. The zero-order chi connectivity index (χ0) is 15.2. The van der Waals surface area contributed by atoms with E-state index in [0.717, 1.165) is 31.7 Å². The average Bonchev–Trinajstić information content (AvgIpc) is 2.85. The maximum atomic E-state index is 6.00. The molecule has 3 unspecified atom stereocenters. The molecule has 3 atom stereocenters. The molecule has 21 heavy (non-hydrogen) atoms. The van der Waals surface area contributed by atoms with Crippen LogP contribution in [0.25, 0.3) is 0 Å². The van der Waals surface area contributed by atoms with Gasteiger partial charge < -0.3 is 14.8 Å². The number of rotatable bonds is 7. The number of nitrogens with one attached hydrogen (secondary N) is 1. The Hall–Kier alpha value is -1.06. The third kappa shape index (κ3) is 4.45. The molecule has 0 amide bonds. The molecule has 0 aliphatic carbocycles. The third-order valence-corrected chi connectivity index (χ3v) is 3.98. The lowest BCUT2D eigenvalue weighted by Gasteiger charge is -2.28. The van der Waals surface area contributed by atoms with Crippen LogP contribution in [0, 0.1) is 5.92 Å². The van der Waals surface area contributed by atoms with E-state index in [0.29, 0.717) is 5.92 Å². The fraction of sp³-hybridized carbons (Fsp3) is 0.667. The van der Waals surface area contributed by atoms with E-state index in [9.17, 15) is 0 Å². The van der Waals surface area contributed by atoms with E-state index >= 15 is 0 Å². The largest absolute Gasteiger partial charge is 0.491 e. The Morgan fingerprint density at radius 3 is 2.81 bits per heavy atom. The van der Waals surface area contributed by atoms with Gasteiger partial charge in [-0.25, -0.2) is 0 Å². The van der Waals surface area contributed by atoms with Crippen LogP contribution in [0.3, 0.4) is 0 Å². The monoisotopic (exact) mass is 291 g/mol. The lowest BCUT2D eigenvalue weighted by molar-refractivity contribution is 0.0606. The van der Waals surface area contributed by atoms with Gasteiger partial charge in [-0.05, 0) is 56.8 Å². The minimum atomic E-state index is 0.198. The molecule has 0 saturated carbocycles. The van der Waals surface area contributed by atoms with Gasteiger partial charge in [-0.15, -0.1) is 0 Å². The number of hydrogen-bond acceptors (Lipinski definition) is 3. The summed E-state index contributed by atoms with van der Waals surface area (Å²) in [4.78, 5) is 0. The third-order valence-electron chi connectivity index (χ3n) is 3.98. The van der Waals surface area contributed by atoms with Crippen molar-refractivity contribution in [2.75, 3.05) is 13.2 Å². The van der Waals surface area contributed by atoms with Crippen LogP contribution in [0.4, 0.5) is 0 Å². The van der Waals surface area contributed by atoms with Crippen LogP contribution in [0.2, 0.25) is 0 Å². The summed E-state index contributed by atoms with van der Waals surface area (Å²) in [6.45, 7) is 10.5. The molecule has 0 spiro atoms. The lowest BCUT2D eigenvalue weighted by Crippen LogP contribution is -2.35. The summed E-state index contributed by atoms with van der Waals surface area (Å²) in [5, 5.41) is 3.66. The van der Waals surface area contributed by atoms with Crippen LogP contribution >= 0.6 is 0 Å². The Morgan fingerprint density at radius 1 is 1.38 bits per heavy atom. The van der Waals surface area contributed by atoms with Gasteiger partial charge in [0.05, 0.1) is 18.2 Å². The summed E-state index contributed by atoms with van der Waals surface area (Å²) < 4.78 is 11.8. The van der Waals surface area contributed by atoms with Gasteiger partial charge in [0.1, 0.15) is 5.75 Å². The summed E-state index contributed by atoms with van der Waals surface area (Å²) in [6.07, 6.45) is 2.73. The van der Waals surface area contributed by atoms with Crippen molar-refractivity contribution in [1.82, 2.24) is 5.32 Å². The van der Waals surface area contributed by atoms with E-state index in [-0.39, 0.29) is 18.2 Å². The molecule has 1 saturated heterocycles. The van der Waals surface area contributed by atoms with Crippen molar-refractivity contribution in [3.63, 3.8) is 0 Å². The zero-order valence-electron chi connectivity index (χ0n) is 13.8. The molecule has 1 aromatic carbocycles. The van der Waals surface area contributed by atoms with Crippen LogP contribution in [-0.2, 0) is 4.74 Å². The fourth-order valence-corrected chi connectivity index (χ4v) is 2.92. The van der Waals surface area contributed by atoms with E-state index in [4.69, 9.17) is 9.47 Å². The van der Waals surface area contributed by atoms with Gasteiger partial charge >= 0.3 is 0 Å². The molecule has 1 heterocycles. The highest BCUT2D eigenvalue weighted by Gasteiger charge is 2.32. The Labute approximate surface area is 129 Å². The van der Waals surface area contributed by atoms with Gasteiger partial charge in [-0.3, -0.25) is 0 Å². The Bertz CT molecular complexity index is 433. The van der Waals surface area contributed by atoms with Gasteiger partial charge in [0.15, 0.2) is 0 Å². The fourth-order valence-electron chi connectivity index (χ4n) is 2.92. The standard InChI is InChI=1S/C18H29NO2/c1-5-10-19-17(18-14(4)9-11-20-18)15-7-6-8-16(12-15)21-13(2)3/h6-8,12-14,17-19H,5,9-11H2,1-4H3. The molecule has 1 aliphatic rings. The quantitative estimate of drug-likeness (QED) is 0.825. The van der Waals surface area contributed by atoms with Gasteiger partial charge in [-0.1, -0.05) is 26.0 Å². The maximum Gasteiger partial charge on any atom is 0.120 e. The summed E-state index contributed by atoms with van der Waals surface area (Å²) in [7, 11) is 0. The van der Waals surface area contributed by atoms with Crippen molar-refractivity contribution < 1.29 is 9.47 Å². The first-order valence-electron chi connectivity index (χ1n) is 8.23. The zero-order valence-corrected chi connectivity index (χ0v) is 13.8. The normalized spacial score (nSPS) is 23.5. The second kappa shape index (κ2) is 7.81. The van der Waals surface area contributed by atoms with Crippen LogP contribution in [0.1, 0.15) is 52.1 Å². The average molecular weight is 291 g/mol. The Morgan fingerprint density at radius 2 is 2.19 bits per heavy atom. The van der Waals surface area contributed by atoms with Gasteiger partial charge in [0.2, 0.25) is 0 Å². The lowest BCUT2D eigenvalue weighted by atomic mass is 9.92. The predicted molar refractivity (Wildman–Crippen MR) is 86.8 cm³/mol. The first-order chi connectivity index (χ1) is 10.1.